The number of hydrogen-bond donors (Lipinski definition) is 1. The van der Waals surface area contributed by atoms with Crippen LogP contribution in [0.25, 0.3) is 0 Å². The van der Waals surface area contributed by atoms with Crippen LogP contribution in [0.3, 0.4) is 0 Å². The number of aromatic nitrogens is 2. The molecular weight excluding hydrogens is 324 g/mol. The molecule has 0 aromatic carbocycles. The fourth-order valence-corrected chi connectivity index (χ4v) is 4.45. The normalized spacial score (nSPS) is 17.5. The van der Waals surface area contributed by atoms with E-state index in [1.807, 2.05) is 20.8 Å². The summed E-state index contributed by atoms with van der Waals surface area (Å²) in [5.41, 5.74) is -0.165. The molecule has 9 heteroatoms. The van der Waals surface area contributed by atoms with Gasteiger partial charge in [-0.2, -0.15) is 0 Å². The van der Waals surface area contributed by atoms with Crippen molar-refractivity contribution in [1.82, 2.24) is 19.8 Å². The standard InChI is InChI=1S/C13H22N4O3S2/c1-12(2,3)11-16-15-10(21-11)9(18)14-8-13(6-7-13)22(19,20)17(4)5/h6-8H2,1-5H3,(H,14,18). The summed E-state index contributed by atoms with van der Waals surface area (Å²) in [7, 11) is -0.352. The molecular formula is C13H22N4O3S2. The first kappa shape index (κ1) is 17.3. The Labute approximate surface area is 135 Å². The van der Waals surface area contributed by atoms with Gasteiger partial charge < -0.3 is 5.32 Å². The molecule has 0 atom stereocenters. The van der Waals surface area contributed by atoms with Crippen LogP contribution in [0.1, 0.15) is 48.4 Å². The van der Waals surface area contributed by atoms with E-state index in [1.165, 1.54) is 29.7 Å². The summed E-state index contributed by atoms with van der Waals surface area (Å²) >= 11 is 1.24. The van der Waals surface area contributed by atoms with E-state index in [0.717, 1.165) is 5.01 Å². The average Bonchev–Trinajstić information content (AvgIpc) is 3.02. The molecule has 0 spiro atoms. The molecule has 1 amide bonds. The molecule has 1 aliphatic rings. The first-order chi connectivity index (χ1) is 9.99. The molecule has 124 valence electrons. The van der Waals surface area contributed by atoms with Crippen LogP contribution in [0.2, 0.25) is 0 Å². The molecule has 0 unspecified atom stereocenters. The molecule has 1 aliphatic carbocycles. The van der Waals surface area contributed by atoms with Gasteiger partial charge in [-0.3, -0.25) is 4.79 Å². The highest BCUT2D eigenvalue weighted by molar-refractivity contribution is 7.90. The number of carbonyl (C=O) groups is 1. The molecule has 1 aromatic rings. The minimum atomic E-state index is -3.38. The van der Waals surface area contributed by atoms with Crippen LogP contribution >= 0.6 is 11.3 Å². The van der Waals surface area contributed by atoms with E-state index in [1.54, 1.807) is 0 Å². The van der Waals surface area contributed by atoms with Crippen molar-refractivity contribution in [2.75, 3.05) is 20.6 Å². The van der Waals surface area contributed by atoms with Gasteiger partial charge in [-0.25, -0.2) is 12.7 Å². The van der Waals surface area contributed by atoms with Gasteiger partial charge in [-0.05, 0) is 12.8 Å². The van der Waals surface area contributed by atoms with E-state index in [0.29, 0.717) is 12.8 Å². The number of carbonyl (C=O) groups excluding carboxylic acids is 1. The minimum Gasteiger partial charge on any atom is -0.348 e. The topological polar surface area (TPSA) is 92.3 Å². The van der Waals surface area contributed by atoms with Crippen molar-refractivity contribution < 1.29 is 13.2 Å². The highest BCUT2D eigenvalue weighted by atomic mass is 32.2. The van der Waals surface area contributed by atoms with E-state index >= 15 is 0 Å². The third-order valence-corrected chi connectivity index (χ3v) is 7.62. The van der Waals surface area contributed by atoms with Crippen LogP contribution in [-0.2, 0) is 15.4 Å². The molecule has 0 saturated heterocycles. The second-order valence-corrected chi connectivity index (χ2v) is 10.3. The van der Waals surface area contributed by atoms with E-state index in [2.05, 4.69) is 15.5 Å². The van der Waals surface area contributed by atoms with Crippen molar-refractivity contribution in [3.8, 4) is 0 Å². The van der Waals surface area contributed by atoms with Gasteiger partial charge in [0, 0.05) is 26.1 Å². The van der Waals surface area contributed by atoms with Gasteiger partial charge in [0.15, 0.2) is 0 Å². The van der Waals surface area contributed by atoms with Crippen molar-refractivity contribution in [1.29, 1.82) is 0 Å². The Morgan fingerprint density at radius 1 is 1.32 bits per heavy atom. The fourth-order valence-electron chi connectivity index (χ4n) is 1.99. The molecule has 0 radical (unpaired) electrons. The van der Waals surface area contributed by atoms with Crippen LogP contribution in [-0.4, -0.2) is 54.2 Å². The van der Waals surface area contributed by atoms with Crippen LogP contribution in [0.4, 0.5) is 0 Å². The number of nitrogens with one attached hydrogen (secondary N) is 1. The van der Waals surface area contributed by atoms with Crippen molar-refractivity contribution in [3.63, 3.8) is 0 Å². The quantitative estimate of drug-likeness (QED) is 0.858. The maximum atomic E-state index is 12.2. The molecule has 2 rings (SSSR count). The Kier molecular flexibility index (Phi) is 4.35. The number of nitrogens with zero attached hydrogens (tertiary/aromatic N) is 3. The summed E-state index contributed by atoms with van der Waals surface area (Å²) < 4.78 is 24.9. The van der Waals surface area contributed by atoms with Crippen molar-refractivity contribution >= 4 is 27.3 Å². The van der Waals surface area contributed by atoms with Crippen LogP contribution < -0.4 is 5.32 Å². The fraction of sp³-hybridized carbons (Fsp3) is 0.769. The number of hydrogen-bond acceptors (Lipinski definition) is 6. The lowest BCUT2D eigenvalue weighted by Gasteiger charge is -2.21. The van der Waals surface area contributed by atoms with Crippen molar-refractivity contribution in [2.45, 2.75) is 43.8 Å². The van der Waals surface area contributed by atoms with Gasteiger partial charge in [0.25, 0.3) is 5.91 Å². The second-order valence-electron chi connectivity index (χ2n) is 6.82. The average molecular weight is 346 g/mol. The number of amides is 1. The SMILES string of the molecule is CN(C)S(=O)(=O)C1(CNC(=O)c2nnc(C(C)(C)C)s2)CC1. The van der Waals surface area contributed by atoms with Gasteiger partial charge in [0.1, 0.15) is 9.75 Å². The lowest BCUT2D eigenvalue weighted by atomic mass is 9.98. The summed E-state index contributed by atoms with van der Waals surface area (Å²) in [6, 6.07) is 0. The molecule has 0 bridgehead atoms. The van der Waals surface area contributed by atoms with E-state index in [9.17, 15) is 13.2 Å². The van der Waals surface area contributed by atoms with Gasteiger partial charge in [-0.1, -0.05) is 32.1 Å². The number of rotatable bonds is 5. The summed E-state index contributed by atoms with van der Waals surface area (Å²) in [6.45, 7) is 6.10. The van der Waals surface area contributed by atoms with E-state index in [-0.39, 0.29) is 22.9 Å². The van der Waals surface area contributed by atoms with Gasteiger partial charge in [-0.15, -0.1) is 10.2 Å². The molecule has 22 heavy (non-hydrogen) atoms. The monoisotopic (exact) mass is 346 g/mol. The van der Waals surface area contributed by atoms with Gasteiger partial charge in [0.2, 0.25) is 15.0 Å². The molecule has 7 nitrogen and oxygen atoms in total. The van der Waals surface area contributed by atoms with Crippen LogP contribution in [0.15, 0.2) is 0 Å². The van der Waals surface area contributed by atoms with Crippen LogP contribution in [0.5, 0.6) is 0 Å². The summed E-state index contributed by atoms with van der Waals surface area (Å²) in [5.74, 6) is -0.367. The lowest BCUT2D eigenvalue weighted by molar-refractivity contribution is 0.0951. The Bertz CT molecular complexity index is 670. The predicted octanol–water partition coefficient (Wildman–Crippen LogP) is 0.989. The zero-order valence-electron chi connectivity index (χ0n) is 13.5. The molecule has 1 aromatic heterocycles. The Morgan fingerprint density at radius 2 is 1.91 bits per heavy atom. The van der Waals surface area contributed by atoms with E-state index < -0.39 is 14.8 Å². The zero-order valence-corrected chi connectivity index (χ0v) is 15.1. The molecule has 1 heterocycles. The summed E-state index contributed by atoms with van der Waals surface area (Å²) in [6.07, 6.45) is 1.13. The highest BCUT2D eigenvalue weighted by Gasteiger charge is 2.55. The third kappa shape index (κ3) is 3.16. The molecule has 1 saturated carbocycles. The first-order valence-corrected chi connectivity index (χ1v) is 9.29. The second kappa shape index (κ2) is 5.54. The maximum absolute atomic E-state index is 12.2. The maximum Gasteiger partial charge on any atom is 0.282 e. The Hall–Kier alpha value is -1.06. The summed E-state index contributed by atoms with van der Waals surface area (Å²) in [5, 5.41) is 11.7. The van der Waals surface area contributed by atoms with E-state index in [4.69, 9.17) is 0 Å². The predicted molar refractivity (Wildman–Crippen MR) is 85.5 cm³/mol. The molecule has 0 aliphatic heterocycles. The molecule has 1 fully saturated rings. The largest absolute Gasteiger partial charge is 0.348 e. The minimum absolute atomic E-state index is 0.108. The molecule has 1 N–H and O–H groups in total. The Morgan fingerprint density at radius 3 is 2.32 bits per heavy atom. The third-order valence-electron chi connectivity index (χ3n) is 3.67. The number of sulfonamides is 1. The van der Waals surface area contributed by atoms with Crippen LogP contribution in [0, 0.1) is 0 Å². The zero-order chi connectivity index (χ0) is 16.8. The Balaban J connectivity index is 2.04. The van der Waals surface area contributed by atoms with Gasteiger partial charge in [0.05, 0.1) is 0 Å². The lowest BCUT2D eigenvalue weighted by Crippen LogP contribution is -2.43. The van der Waals surface area contributed by atoms with Crippen molar-refractivity contribution in [3.05, 3.63) is 10.0 Å². The smallest absolute Gasteiger partial charge is 0.282 e. The highest BCUT2D eigenvalue weighted by Crippen LogP contribution is 2.44. The summed E-state index contributed by atoms with van der Waals surface area (Å²) in [4.78, 5) is 12.1. The van der Waals surface area contributed by atoms with Gasteiger partial charge >= 0.3 is 0 Å². The van der Waals surface area contributed by atoms with Crippen molar-refractivity contribution in [2.24, 2.45) is 0 Å². The first-order valence-electron chi connectivity index (χ1n) is 7.04.